The van der Waals surface area contributed by atoms with Gasteiger partial charge in [0, 0.05) is 6.54 Å². The third-order valence-electron chi connectivity index (χ3n) is 3.53. The quantitative estimate of drug-likeness (QED) is 0.816. The standard InChI is InChI=1S/C13H19NO2/c1-16-12-4-2-3-10(7-12)11-5-6-13(15,8-11)9-14/h2-4,7,11,15H,5-6,8-9,14H2,1H3. The summed E-state index contributed by atoms with van der Waals surface area (Å²) in [7, 11) is 1.67. The van der Waals surface area contributed by atoms with E-state index in [-0.39, 0.29) is 0 Å². The van der Waals surface area contributed by atoms with E-state index in [4.69, 9.17) is 10.5 Å². The summed E-state index contributed by atoms with van der Waals surface area (Å²) >= 11 is 0. The molecule has 3 nitrogen and oxygen atoms in total. The molecule has 16 heavy (non-hydrogen) atoms. The molecule has 3 N–H and O–H groups in total. The monoisotopic (exact) mass is 221 g/mol. The first-order chi connectivity index (χ1) is 7.67. The van der Waals surface area contributed by atoms with E-state index in [0.717, 1.165) is 25.0 Å². The van der Waals surface area contributed by atoms with Crippen molar-refractivity contribution in [3.8, 4) is 5.75 Å². The summed E-state index contributed by atoms with van der Waals surface area (Å²) in [6, 6.07) is 8.07. The van der Waals surface area contributed by atoms with E-state index in [9.17, 15) is 5.11 Å². The van der Waals surface area contributed by atoms with E-state index in [0.29, 0.717) is 12.5 Å². The third kappa shape index (κ3) is 2.20. The van der Waals surface area contributed by atoms with Gasteiger partial charge in [0.1, 0.15) is 5.75 Å². The summed E-state index contributed by atoms with van der Waals surface area (Å²) in [6.45, 7) is 0.355. The fourth-order valence-corrected chi connectivity index (χ4v) is 2.47. The first kappa shape index (κ1) is 11.4. The molecule has 0 heterocycles. The normalized spacial score (nSPS) is 29.3. The predicted octanol–water partition coefficient (Wildman–Crippen LogP) is 1.65. The molecule has 88 valence electrons. The molecule has 2 rings (SSSR count). The van der Waals surface area contributed by atoms with Crippen molar-refractivity contribution >= 4 is 0 Å². The highest BCUT2D eigenvalue weighted by molar-refractivity contribution is 5.31. The third-order valence-corrected chi connectivity index (χ3v) is 3.53. The summed E-state index contributed by atoms with van der Waals surface area (Å²) < 4.78 is 5.21. The Balaban J connectivity index is 2.14. The Morgan fingerprint density at radius 3 is 3.00 bits per heavy atom. The molecular formula is C13H19NO2. The van der Waals surface area contributed by atoms with Crippen molar-refractivity contribution in [1.29, 1.82) is 0 Å². The number of hydrogen-bond donors (Lipinski definition) is 2. The zero-order valence-corrected chi connectivity index (χ0v) is 9.65. The molecule has 0 bridgehead atoms. The van der Waals surface area contributed by atoms with E-state index in [1.807, 2.05) is 18.2 Å². The molecule has 0 spiro atoms. The largest absolute Gasteiger partial charge is 0.497 e. The highest BCUT2D eigenvalue weighted by Gasteiger charge is 2.36. The van der Waals surface area contributed by atoms with Crippen LogP contribution in [0.15, 0.2) is 24.3 Å². The zero-order chi connectivity index (χ0) is 11.6. The first-order valence-corrected chi connectivity index (χ1v) is 5.73. The summed E-state index contributed by atoms with van der Waals surface area (Å²) in [5, 5.41) is 10.1. The molecule has 0 saturated heterocycles. The number of hydrogen-bond acceptors (Lipinski definition) is 3. The van der Waals surface area contributed by atoms with Crippen LogP contribution in [0.25, 0.3) is 0 Å². The van der Waals surface area contributed by atoms with Crippen LogP contribution in [-0.4, -0.2) is 24.4 Å². The van der Waals surface area contributed by atoms with Gasteiger partial charge in [-0.25, -0.2) is 0 Å². The maximum Gasteiger partial charge on any atom is 0.119 e. The topological polar surface area (TPSA) is 55.5 Å². The van der Waals surface area contributed by atoms with Gasteiger partial charge in [-0.05, 0) is 42.9 Å². The van der Waals surface area contributed by atoms with E-state index in [2.05, 4.69) is 6.07 Å². The lowest BCUT2D eigenvalue weighted by Crippen LogP contribution is -2.34. The van der Waals surface area contributed by atoms with Crippen LogP contribution in [0.5, 0.6) is 5.75 Å². The van der Waals surface area contributed by atoms with Crippen LogP contribution in [0.2, 0.25) is 0 Å². The van der Waals surface area contributed by atoms with Crippen LogP contribution in [0, 0.1) is 0 Å². The Morgan fingerprint density at radius 2 is 2.38 bits per heavy atom. The van der Waals surface area contributed by atoms with Crippen molar-refractivity contribution in [3.05, 3.63) is 29.8 Å². The number of rotatable bonds is 3. The maximum absolute atomic E-state index is 10.1. The molecule has 3 heteroatoms. The van der Waals surface area contributed by atoms with Crippen LogP contribution < -0.4 is 10.5 Å². The number of methoxy groups -OCH3 is 1. The van der Waals surface area contributed by atoms with Crippen LogP contribution >= 0.6 is 0 Å². The summed E-state index contributed by atoms with van der Waals surface area (Å²) in [6.07, 6.45) is 2.56. The van der Waals surface area contributed by atoms with Crippen molar-refractivity contribution in [2.45, 2.75) is 30.8 Å². The molecule has 0 aliphatic heterocycles. The molecule has 1 saturated carbocycles. The second-order valence-corrected chi connectivity index (χ2v) is 4.64. The summed E-state index contributed by atoms with van der Waals surface area (Å²) in [5.74, 6) is 1.28. The minimum absolute atomic E-state index is 0.355. The van der Waals surface area contributed by atoms with Gasteiger partial charge in [-0.2, -0.15) is 0 Å². The van der Waals surface area contributed by atoms with Crippen molar-refractivity contribution in [1.82, 2.24) is 0 Å². The summed E-state index contributed by atoms with van der Waals surface area (Å²) in [4.78, 5) is 0. The van der Waals surface area contributed by atoms with Gasteiger partial charge in [-0.15, -0.1) is 0 Å². The highest BCUT2D eigenvalue weighted by atomic mass is 16.5. The molecule has 1 aliphatic carbocycles. The van der Waals surface area contributed by atoms with Crippen LogP contribution in [0.3, 0.4) is 0 Å². The van der Waals surface area contributed by atoms with Crippen molar-refractivity contribution in [3.63, 3.8) is 0 Å². The van der Waals surface area contributed by atoms with E-state index in [1.165, 1.54) is 5.56 Å². The zero-order valence-electron chi connectivity index (χ0n) is 9.65. The van der Waals surface area contributed by atoms with Crippen molar-refractivity contribution in [2.24, 2.45) is 5.73 Å². The Hall–Kier alpha value is -1.06. The van der Waals surface area contributed by atoms with E-state index >= 15 is 0 Å². The highest BCUT2D eigenvalue weighted by Crippen LogP contribution is 2.40. The molecule has 0 radical (unpaired) electrons. The second kappa shape index (κ2) is 4.44. The molecule has 0 amide bonds. The maximum atomic E-state index is 10.1. The van der Waals surface area contributed by atoms with Crippen molar-refractivity contribution < 1.29 is 9.84 Å². The van der Waals surface area contributed by atoms with Gasteiger partial charge in [0.2, 0.25) is 0 Å². The van der Waals surface area contributed by atoms with Gasteiger partial charge in [-0.3, -0.25) is 0 Å². The molecule has 0 aromatic heterocycles. The minimum atomic E-state index is -0.659. The molecule has 2 unspecified atom stereocenters. The molecular weight excluding hydrogens is 202 g/mol. The molecule has 1 aliphatic rings. The van der Waals surface area contributed by atoms with Gasteiger partial charge < -0.3 is 15.6 Å². The molecule has 1 aromatic rings. The number of nitrogens with two attached hydrogens (primary N) is 1. The fraction of sp³-hybridized carbons (Fsp3) is 0.538. The van der Waals surface area contributed by atoms with Crippen LogP contribution in [0.4, 0.5) is 0 Å². The number of aliphatic hydroxyl groups is 1. The van der Waals surface area contributed by atoms with Gasteiger partial charge in [0.15, 0.2) is 0 Å². The lowest BCUT2D eigenvalue weighted by Gasteiger charge is -2.20. The average molecular weight is 221 g/mol. The summed E-state index contributed by atoms with van der Waals surface area (Å²) in [5.41, 5.74) is 6.17. The van der Waals surface area contributed by atoms with Gasteiger partial charge >= 0.3 is 0 Å². The smallest absolute Gasteiger partial charge is 0.119 e. The van der Waals surface area contributed by atoms with Crippen LogP contribution in [-0.2, 0) is 0 Å². The Labute approximate surface area is 96.2 Å². The number of benzene rings is 1. The second-order valence-electron chi connectivity index (χ2n) is 4.64. The van der Waals surface area contributed by atoms with E-state index in [1.54, 1.807) is 7.11 Å². The van der Waals surface area contributed by atoms with E-state index < -0.39 is 5.60 Å². The van der Waals surface area contributed by atoms with Crippen molar-refractivity contribution in [2.75, 3.05) is 13.7 Å². The molecule has 1 aromatic carbocycles. The predicted molar refractivity (Wildman–Crippen MR) is 63.6 cm³/mol. The SMILES string of the molecule is COc1cccc(C2CCC(O)(CN)C2)c1. The van der Waals surface area contributed by atoms with Gasteiger partial charge in [0.25, 0.3) is 0 Å². The van der Waals surface area contributed by atoms with Gasteiger partial charge in [-0.1, -0.05) is 12.1 Å². The number of ether oxygens (including phenoxy) is 1. The fourth-order valence-electron chi connectivity index (χ4n) is 2.47. The van der Waals surface area contributed by atoms with Crippen LogP contribution in [0.1, 0.15) is 30.7 Å². The lowest BCUT2D eigenvalue weighted by molar-refractivity contribution is 0.0554. The Morgan fingerprint density at radius 1 is 1.56 bits per heavy atom. The van der Waals surface area contributed by atoms with Gasteiger partial charge in [0.05, 0.1) is 12.7 Å². The average Bonchev–Trinajstić information content (AvgIpc) is 2.73. The minimum Gasteiger partial charge on any atom is -0.497 e. The lowest BCUT2D eigenvalue weighted by atomic mass is 9.94. The first-order valence-electron chi connectivity index (χ1n) is 5.73. The Bertz CT molecular complexity index is 367. The molecule has 2 atom stereocenters. The Kier molecular flexibility index (Phi) is 3.17. The molecule has 1 fully saturated rings.